The summed E-state index contributed by atoms with van der Waals surface area (Å²) in [6.07, 6.45) is 7.55. The zero-order valence-corrected chi connectivity index (χ0v) is 14.3. The summed E-state index contributed by atoms with van der Waals surface area (Å²) in [5.41, 5.74) is 0.473. The molecule has 7 heteroatoms. The van der Waals surface area contributed by atoms with Gasteiger partial charge in [0.1, 0.15) is 5.02 Å². The predicted molar refractivity (Wildman–Crippen MR) is 89.3 cm³/mol. The van der Waals surface area contributed by atoms with Crippen LogP contribution in [0.5, 0.6) is 0 Å². The third-order valence-corrected chi connectivity index (χ3v) is 4.99. The van der Waals surface area contributed by atoms with Gasteiger partial charge in [0.05, 0.1) is 30.7 Å². The highest BCUT2D eigenvalue weighted by Gasteiger charge is 2.24. The minimum absolute atomic E-state index is 0.248. The minimum atomic E-state index is -0.253. The summed E-state index contributed by atoms with van der Waals surface area (Å²) in [6, 6.07) is 0. The lowest BCUT2D eigenvalue weighted by molar-refractivity contribution is -0.0672. The van der Waals surface area contributed by atoms with E-state index in [9.17, 15) is 4.79 Å². The SMILES string of the molecule is Cn1ncc(N2CCC(OCC3CCCCO3)CC2)c(Cl)c1=O. The van der Waals surface area contributed by atoms with Gasteiger partial charge in [0.15, 0.2) is 0 Å². The van der Waals surface area contributed by atoms with E-state index in [1.807, 2.05) is 0 Å². The van der Waals surface area contributed by atoms with Crippen molar-refractivity contribution in [1.29, 1.82) is 0 Å². The Kier molecular flexibility index (Phi) is 5.56. The fourth-order valence-electron chi connectivity index (χ4n) is 3.17. The van der Waals surface area contributed by atoms with Crippen molar-refractivity contribution in [3.63, 3.8) is 0 Å². The normalized spacial score (nSPS) is 23.2. The van der Waals surface area contributed by atoms with Gasteiger partial charge in [0, 0.05) is 26.7 Å². The van der Waals surface area contributed by atoms with Gasteiger partial charge in [-0.2, -0.15) is 5.10 Å². The summed E-state index contributed by atoms with van der Waals surface area (Å²) in [5, 5.41) is 4.31. The lowest BCUT2D eigenvalue weighted by atomic mass is 10.1. The van der Waals surface area contributed by atoms with Crippen molar-refractivity contribution in [2.24, 2.45) is 7.05 Å². The van der Waals surface area contributed by atoms with Crippen molar-refractivity contribution in [2.45, 2.75) is 44.3 Å². The third-order valence-electron chi connectivity index (χ3n) is 4.63. The number of aryl methyl sites for hydroxylation is 1. The Balaban J connectivity index is 1.50. The van der Waals surface area contributed by atoms with Crippen molar-refractivity contribution >= 4 is 17.3 Å². The number of nitrogens with zero attached hydrogens (tertiary/aromatic N) is 3. The Morgan fingerprint density at radius 2 is 2.13 bits per heavy atom. The van der Waals surface area contributed by atoms with Gasteiger partial charge >= 0.3 is 0 Å². The quantitative estimate of drug-likeness (QED) is 0.838. The Labute approximate surface area is 141 Å². The van der Waals surface area contributed by atoms with Gasteiger partial charge in [-0.05, 0) is 32.1 Å². The number of ether oxygens (including phenoxy) is 2. The summed E-state index contributed by atoms with van der Waals surface area (Å²) in [5.74, 6) is 0. The molecule has 2 saturated heterocycles. The van der Waals surface area contributed by atoms with Crippen LogP contribution in [0.15, 0.2) is 11.0 Å². The van der Waals surface area contributed by atoms with E-state index in [0.717, 1.165) is 44.6 Å². The molecular weight excluding hydrogens is 318 g/mol. The summed E-state index contributed by atoms with van der Waals surface area (Å²) in [7, 11) is 1.60. The molecule has 1 unspecified atom stereocenters. The number of hydrogen-bond acceptors (Lipinski definition) is 5. The van der Waals surface area contributed by atoms with Gasteiger partial charge in [-0.15, -0.1) is 0 Å². The zero-order chi connectivity index (χ0) is 16.2. The fourth-order valence-corrected chi connectivity index (χ4v) is 3.46. The second kappa shape index (κ2) is 7.64. The second-order valence-electron chi connectivity index (χ2n) is 6.28. The molecule has 2 aliphatic rings. The largest absolute Gasteiger partial charge is 0.376 e. The molecule has 0 radical (unpaired) electrons. The fraction of sp³-hybridized carbons (Fsp3) is 0.750. The topological polar surface area (TPSA) is 56.6 Å². The van der Waals surface area contributed by atoms with Crippen molar-refractivity contribution < 1.29 is 9.47 Å². The number of hydrogen-bond donors (Lipinski definition) is 0. The lowest BCUT2D eigenvalue weighted by Gasteiger charge is -2.34. The van der Waals surface area contributed by atoms with Gasteiger partial charge in [-0.3, -0.25) is 4.79 Å². The smallest absolute Gasteiger partial charge is 0.287 e. The van der Waals surface area contributed by atoms with E-state index in [1.165, 1.54) is 17.5 Å². The van der Waals surface area contributed by atoms with Crippen LogP contribution in [0.1, 0.15) is 32.1 Å². The molecule has 3 heterocycles. The molecule has 0 N–H and O–H groups in total. The molecule has 2 aliphatic heterocycles. The van der Waals surface area contributed by atoms with Crippen molar-refractivity contribution in [2.75, 3.05) is 31.2 Å². The van der Waals surface area contributed by atoms with Gasteiger partial charge in [0.25, 0.3) is 5.56 Å². The van der Waals surface area contributed by atoms with Crippen LogP contribution in [-0.4, -0.2) is 48.3 Å². The Bertz CT molecular complexity index is 578. The number of halogens is 1. The van der Waals surface area contributed by atoms with Crippen molar-refractivity contribution in [1.82, 2.24) is 9.78 Å². The van der Waals surface area contributed by atoms with E-state index in [-0.39, 0.29) is 22.8 Å². The molecule has 1 aromatic heterocycles. The second-order valence-corrected chi connectivity index (χ2v) is 6.66. The van der Waals surface area contributed by atoms with E-state index in [2.05, 4.69) is 10.00 Å². The van der Waals surface area contributed by atoms with Gasteiger partial charge in [-0.25, -0.2) is 4.68 Å². The van der Waals surface area contributed by atoms with Crippen LogP contribution in [0, 0.1) is 0 Å². The highest BCUT2D eigenvalue weighted by molar-refractivity contribution is 6.33. The maximum atomic E-state index is 11.9. The molecule has 0 bridgehead atoms. The Morgan fingerprint density at radius 3 is 2.83 bits per heavy atom. The van der Waals surface area contributed by atoms with Crippen LogP contribution in [0.3, 0.4) is 0 Å². The first-order valence-electron chi connectivity index (χ1n) is 8.35. The van der Waals surface area contributed by atoms with Crippen LogP contribution in [0.25, 0.3) is 0 Å². The number of piperidine rings is 1. The molecule has 23 heavy (non-hydrogen) atoms. The molecule has 2 fully saturated rings. The number of aromatic nitrogens is 2. The highest BCUT2D eigenvalue weighted by Crippen LogP contribution is 2.25. The average molecular weight is 342 g/mol. The van der Waals surface area contributed by atoms with Crippen LogP contribution in [0.4, 0.5) is 5.69 Å². The van der Waals surface area contributed by atoms with E-state index >= 15 is 0 Å². The highest BCUT2D eigenvalue weighted by atomic mass is 35.5. The first-order valence-corrected chi connectivity index (χ1v) is 8.73. The van der Waals surface area contributed by atoms with Gasteiger partial charge < -0.3 is 14.4 Å². The maximum absolute atomic E-state index is 11.9. The average Bonchev–Trinajstić information content (AvgIpc) is 2.60. The lowest BCUT2D eigenvalue weighted by Crippen LogP contribution is -2.39. The Hall–Kier alpha value is -1.11. The number of rotatable bonds is 4. The van der Waals surface area contributed by atoms with Crippen molar-refractivity contribution in [3.8, 4) is 0 Å². The molecule has 1 atom stereocenters. The molecule has 0 saturated carbocycles. The molecule has 0 amide bonds. The van der Waals surface area contributed by atoms with Crippen LogP contribution < -0.4 is 10.5 Å². The third kappa shape index (κ3) is 4.05. The molecule has 0 aromatic carbocycles. The zero-order valence-electron chi connectivity index (χ0n) is 13.5. The first-order chi connectivity index (χ1) is 11.1. The molecule has 3 rings (SSSR count). The summed E-state index contributed by atoms with van der Waals surface area (Å²) >= 11 is 6.17. The maximum Gasteiger partial charge on any atom is 0.287 e. The van der Waals surface area contributed by atoms with E-state index in [4.69, 9.17) is 21.1 Å². The van der Waals surface area contributed by atoms with Crippen molar-refractivity contribution in [3.05, 3.63) is 21.6 Å². The van der Waals surface area contributed by atoms with Gasteiger partial charge in [0.2, 0.25) is 0 Å². The first kappa shape index (κ1) is 16.7. The predicted octanol–water partition coefficient (Wildman–Crippen LogP) is 1.99. The summed E-state index contributed by atoms with van der Waals surface area (Å²) < 4.78 is 13.0. The summed E-state index contributed by atoms with van der Waals surface area (Å²) in [6.45, 7) is 3.20. The van der Waals surface area contributed by atoms with E-state index < -0.39 is 0 Å². The summed E-state index contributed by atoms with van der Waals surface area (Å²) in [4.78, 5) is 14.0. The molecule has 0 spiro atoms. The number of anilines is 1. The standard InChI is InChI=1S/C16H24ClN3O3/c1-19-16(21)15(17)14(10-18-19)20-7-5-12(6-8-20)23-11-13-4-2-3-9-22-13/h10,12-13H,2-9,11H2,1H3. The monoisotopic (exact) mass is 341 g/mol. The van der Waals surface area contributed by atoms with Crippen LogP contribution >= 0.6 is 11.6 Å². The molecule has 6 nitrogen and oxygen atoms in total. The van der Waals surface area contributed by atoms with E-state index in [0.29, 0.717) is 6.61 Å². The van der Waals surface area contributed by atoms with Crippen LogP contribution in [0.2, 0.25) is 5.02 Å². The van der Waals surface area contributed by atoms with Crippen LogP contribution in [-0.2, 0) is 16.5 Å². The minimum Gasteiger partial charge on any atom is -0.376 e. The molecule has 0 aliphatic carbocycles. The molecule has 1 aromatic rings. The Morgan fingerprint density at radius 1 is 1.35 bits per heavy atom. The van der Waals surface area contributed by atoms with E-state index in [1.54, 1.807) is 13.2 Å². The van der Waals surface area contributed by atoms with Gasteiger partial charge in [-0.1, -0.05) is 11.6 Å². The molecular formula is C16H24ClN3O3. The molecule has 128 valence electrons.